The molecule has 1 atom stereocenters. The highest BCUT2D eigenvalue weighted by Crippen LogP contribution is 2.31. The number of allylic oxidation sites excluding steroid dienone is 3. The minimum absolute atomic E-state index is 0.613. The Morgan fingerprint density at radius 2 is 1.80 bits per heavy atom. The first-order valence-corrected chi connectivity index (χ1v) is 5.44. The summed E-state index contributed by atoms with van der Waals surface area (Å²) in [4.78, 5) is 0. The van der Waals surface area contributed by atoms with Gasteiger partial charge in [0.25, 0.3) is 0 Å². The van der Waals surface area contributed by atoms with E-state index in [0.29, 0.717) is 5.92 Å². The predicted molar refractivity (Wildman–Crippen MR) is 65.6 cm³/mol. The molecule has 1 N–H and O–H groups in total. The van der Waals surface area contributed by atoms with E-state index >= 15 is 0 Å². The van der Waals surface area contributed by atoms with Crippen molar-refractivity contribution in [2.75, 3.05) is 13.6 Å². The van der Waals surface area contributed by atoms with Crippen LogP contribution >= 0.6 is 0 Å². The van der Waals surface area contributed by atoms with Gasteiger partial charge in [-0.3, -0.25) is 0 Å². The average molecular weight is 199 g/mol. The number of benzene rings is 1. The van der Waals surface area contributed by atoms with Gasteiger partial charge < -0.3 is 5.32 Å². The summed E-state index contributed by atoms with van der Waals surface area (Å²) in [6, 6.07) is 10.5. The largest absolute Gasteiger partial charge is 0.319 e. The zero-order valence-corrected chi connectivity index (χ0v) is 9.33. The SMILES string of the molecule is CNC[C@@H](C)C1=CC(c2ccccc2)=C1. The summed E-state index contributed by atoms with van der Waals surface area (Å²) in [6.45, 7) is 3.30. The molecule has 0 aliphatic heterocycles. The minimum atomic E-state index is 0.613. The van der Waals surface area contributed by atoms with Crippen LogP contribution in [0.15, 0.2) is 48.1 Å². The van der Waals surface area contributed by atoms with Crippen molar-refractivity contribution in [1.29, 1.82) is 0 Å². The predicted octanol–water partition coefficient (Wildman–Crippen LogP) is 2.87. The molecule has 0 bridgehead atoms. The van der Waals surface area contributed by atoms with Crippen LogP contribution in [0, 0.1) is 5.92 Å². The fourth-order valence-corrected chi connectivity index (χ4v) is 1.85. The molecule has 1 aromatic carbocycles. The maximum atomic E-state index is 3.20. The topological polar surface area (TPSA) is 12.0 Å². The average Bonchev–Trinajstić information content (AvgIpc) is 2.17. The van der Waals surface area contributed by atoms with Gasteiger partial charge >= 0.3 is 0 Å². The Hall–Kier alpha value is -1.34. The van der Waals surface area contributed by atoms with Crippen molar-refractivity contribution >= 4 is 5.57 Å². The summed E-state index contributed by atoms with van der Waals surface area (Å²) in [7, 11) is 2.00. The van der Waals surface area contributed by atoms with E-state index in [-0.39, 0.29) is 0 Å². The highest BCUT2D eigenvalue weighted by Gasteiger charge is 2.14. The zero-order valence-electron chi connectivity index (χ0n) is 9.33. The summed E-state index contributed by atoms with van der Waals surface area (Å²) in [5, 5.41) is 3.20. The lowest BCUT2D eigenvalue weighted by atomic mass is 9.86. The maximum Gasteiger partial charge on any atom is 0.00144 e. The van der Waals surface area contributed by atoms with Crippen molar-refractivity contribution in [1.82, 2.24) is 5.32 Å². The lowest BCUT2D eigenvalue weighted by molar-refractivity contribution is 0.627. The summed E-state index contributed by atoms with van der Waals surface area (Å²) in [6.07, 6.45) is 4.58. The fourth-order valence-electron chi connectivity index (χ4n) is 1.85. The molecule has 0 aromatic heterocycles. The molecule has 1 nitrogen and oxygen atoms in total. The van der Waals surface area contributed by atoms with E-state index < -0.39 is 0 Å². The molecule has 1 aliphatic carbocycles. The number of rotatable bonds is 4. The lowest BCUT2D eigenvalue weighted by Gasteiger charge is -2.21. The standard InChI is InChI=1S/C14H17N/c1-11(10-15-2)13-8-14(9-13)12-6-4-3-5-7-12/h3-9,11,15H,10H2,1-2H3/t11-/m1/s1. The lowest BCUT2D eigenvalue weighted by Crippen LogP contribution is -2.19. The Bertz CT molecular complexity index is 387. The van der Waals surface area contributed by atoms with Crippen LogP contribution in [0.4, 0.5) is 0 Å². The number of hydrogen-bond acceptors (Lipinski definition) is 1. The molecule has 1 aliphatic rings. The minimum Gasteiger partial charge on any atom is -0.319 e. The Morgan fingerprint density at radius 1 is 1.13 bits per heavy atom. The van der Waals surface area contributed by atoms with E-state index in [1.165, 1.54) is 16.7 Å². The van der Waals surface area contributed by atoms with Gasteiger partial charge in [0.15, 0.2) is 0 Å². The van der Waals surface area contributed by atoms with E-state index in [4.69, 9.17) is 0 Å². The smallest absolute Gasteiger partial charge is 0.00144 e. The van der Waals surface area contributed by atoms with Gasteiger partial charge in [-0.25, -0.2) is 0 Å². The summed E-state index contributed by atoms with van der Waals surface area (Å²) >= 11 is 0. The summed E-state index contributed by atoms with van der Waals surface area (Å²) < 4.78 is 0. The quantitative estimate of drug-likeness (QED) is 0.786. The Labute approximate surface area is 91.5 Å². The zero-order chi connectivity index (χ0) is 10.7. The highest BCUT2D eigenvalue weighted by atomic mass is 14.8. The Morgan fingerprint density at radius 3 is 2.40 bits per heavy atom. The molecule has 1 aromatic rings. The molecule has 0 spiro atoms. The molecule has 0 unspecified atom stereocenters. The van der Waals surface area contributed by atoms with Crippen molar-refractivity contribution in [2.45, 2.75) is 6.92 Å². The van der Waals surface area contributed by atoms with Crippen LogP contribution in [0.25, 0.3) is 5.57 Å². The molecular formula is C14H17N. The molecular weight excluding hydrogens is 182 g/mol. The molecule has 78 valence electrons. The van der Waals surface area contributed by atoms with Gasteiger partial charge in [0, 0.05) is 6.54 Å². The normalized spacial score (nSPS) is 16.4. The monoisotopic (exact) mass is 199 g/mol. The number of nitrogens with one attached hydrogen (secondary N) is 1. The van der Waals surface area contributed by atoms with Gasteiger partial charge in [-0.2, -0.15) is 0 Å². The molecule has 2 rings (SSSR count). The Kier molecular flexibility index (Phi) is 3.02. The molecule has 0 saturated carbocycles. The van der Waals surface area contributed by atoms with Gasteiger partial charge in [0.2, 0.25) is 0 Å². The first-order valence-electron chi connectivity index (χ1n) is 5.44. The third-order valence-corrected chi connectivity index (χ3v) is 2.83. The Balaban J connectivity index is 2.00. The van der Waals surface area contributed by atoms with Crippen LogP contribution in [-0.4, -0.2) is 13.6 Å². The molecule has 15 heavy (non-hydrogen) atoms. The van der Waals surface area contributed by atoms with Crippen molar-refractivity contribution in [3.05, 3.63) is 53.6 Å². The summed E-state index contributed by atoms with van der Waals surface area (Å²) in [5.74, 6) is 0.613. The van der Waals surface area contributed by atoms with Gasteiger partial charge in [0.1, 0.15) is 0 Å². The van der Waals surface area contributed by atoms with Crippen LogP contribution in [0.2, 0.25) is 0 Å². The molecule has 0 fully saturated rings. The third-order valence-electron chi connectivity index (χ3n) is 2.83. The van der Waals surface area contributed by atoms with Crippen molar-refractivity contribution in [3.8, 4) is 0 Å². The second-order valence-electron chi connectivity index (χ2n) is 4.07. The van der Waals surface area contributed by atoms with Crippen molar-refractivity contribution in [3.63, 3.8) is 0 Å². The fraction of sp³-hybridized carbons (Fsp3) is 0.286. The van der Waals surface area contributed by atoms with Gasteiger partial charge in [-0.15, -0.1) is 0 Å². The van der Waals surface area contributed by atoms with Crippen LogP contribution in [0.1, 0.15) is 12.5 Å². The van der Waals surface area contributed by atoms with E-state index in [0.717, 1.165) is 6.54 Å². The van der Waals surface area contributed by atoms with E-state index in [9.17, 15) is 0 Å². The first kappa shape index (κ1) is 10.2. The number of hydrogen-bond donors (Lipinski definition) is 1. The van der Waals surface area contributed by atoms with Crippen LogP contribution in [-0.2, 0) is 0 Å². The second-order valence-corrected chi connectivity index (χ2v) is 4.07. The highest BCUT2D eigenvalue weighted by molar-refractivity contribution is 5.83. The van der Waals surface area contributed by atoms with Crippen LogP contribution in [0.3, 0.4) is 0 Å². The summed E-state index contributed by atoms with van der Waals surface area (Å²) in [5.41, 5.74) is 4.12. The van der Waals surface area contributed by atoms with Gasteiger partial charge in [-0.1, -0.05) is 49.4 Å². The van der Waals surface area contributed by atoms with E-state index in [1.54, 1.807) is 0 Å². The maximum absolute atomic E-state index is 3.20. The van der Waals surface area contributed by atoms with E-state index in [2.05, 4.69) is 54.7 Å². The molecule has 0 radical (unpaired) electrons. The van der Waals surface area contributed by atoms with Crippen LogP contribution in [0.5, 0.6) is 0 Å². The molecule has 0 heterocycles. The molecule has 0 saturated heterocycles. The second kappa shape index (κ2) is 4.45. The van der Waals surface area contributed by atoms with Crippen molar-refractivity contribution < 1.29 is 0 Å². The molecule has 1 heteroatoms. The van der Waals surface area contributed by atoms with Gasteiger partial charge in [0.05, 0.1) is 0 Å². The third kappa shape index (κ3) is 2.18. The van der Waals surface area contributed by atoms with Crippen LogP contribution < -0.4 is 5.32 Å². The van der Waals surface area contributed by atoms with Crippen molar-refractivity contribution in [2.24, 2.45) is 5.92 Å². The molecule has 0 amide bonds. The van der Waals surface area contributed by atoms with E-state index in [1.807, 2.05) is 7.05 Å². The van der Waals surface area contributed by atoms with Gasteiger partial charge in [-0.05, 0) is 29.7 Å². The first-order chi connectivity index (χ1) is 7.31.